The van der Waals surface area contributed by atoms with Gasteiger partial charge >= 0.3 is 0 Å². The van der Waals surface area contributed by atoms with E-state index in [-0.39, 0.29) is 16.1 Å². The van der Waals surface area contributed by atoms with Crippen LogP contribution in [0.1, 0.15) is 12.5 Å². The quantitative estimate of drug-likeness (QED) is 0.619. The number of carbonyl (C=O) groups is 2. The molecule has 0 aliphatic carbocycles. The van der Waals surface area contributed by atoms with E-state index in [0.717, 1.165) is 22.2 Å². The molecule has 0 unspecified atom stereocenters. The summed E-state index contributed by atoms with van der Waals surface area (Å²) in [5.74, 6) is -0.696. The lowest BCUT2D eigenvalue weighted by Crippen LogP contribution is -2.32. The van der Waals surface area contributed by atoms with Crippen molar-refractivity contribution in [2.45, 2.75) is 6.92 Å². The maximum Gasteiger partial charge on any atom is 0.272 e. The molecule has 1 aromatic rings. The highest BCUT2D eigenvalue weighted by atomic mass is 32.2. The third kappa shape index (κ3) is 3.19. The summed E-state index contributed by atoms with van der Waals surface area (Å²) in [6, 6.07) is 9.75. The number of amides is 2. The Morgan fingerprint density at radius 3 is 2.58 bits per heavy atom. The van der Waals surface area contributed by atoms with Gasteiger partial charge in [0.2, 0.25) is 5.91 Å². The first-order valence-corrected chi connectivity index (χ1v) is 6.82. The minimum absolute atomic E-state index is 0.289. The molecule has 1 aliphatic rings. The van der Waals surface area contributed by atoms with E-state index in [9.17, 15) is 9.59 Å². The van der Waals surface area contributed by atoms with Crippen LogP contribution in [0.3, 0.4) is 0 Å². The standard InChI is InChI=1S/C14H11NO2S2/c1-10(16)15-13(17)12(19-14(15)18)9-5-8-11-6-3-2-4-7-11/h2-9H,1H3/b8-5+,12-9-. The third-order valence-corrected chi connectivity index (χ3v) is 3.76. The molecular weight excluding hydrogens is 278 g/mol. The number of carbonyl (C=O) groups excluding carboxylic acids is 2. The topological polar surface area (TPSA) is 37.4 Å². The first-order chi connectivity index (χ1) is 9.09. The van der Waals surface area contributed by atoms with Crippen LogP contribution in [-0.4, -0.2) is 21.0 Å². The van der Waals surface area contributed by atoms with Crippen LogP contribution in [0.25, 0.3) is 6.08 Å². The van der Waals surface area contributed by atoms with Crippen molar-refractivity contribution in [3.63, 3.8) is 0 Å². The van der Waals surface area contributed by atoms with Gasteiger partial charge in [-0.1, -0.05) is 66.5 Å². The van der Waals surface area contributed by atoms with E-state index in [4.69, 9.17) is 12.2 Å². The van der Waals surface area contributed by atoms with Crippen molar-refractivity contribution in [3.05, 3.63) is 53.0 Å². The fraction of sp³-hybridized carbons (Fsp3) is 0.0714. The zero-order chi connectivity index (χ0) is 13.8. The highest BCUT2D eigenvalue weighted by molar-refractivity contribution is 8.26. The van der Waals surface area contributed by atoms with Gasteiger partial charge in [0.05, 0.1) is 4.91 Å². The molecule has 2 rings (SSSR count). The van der Waals surface area contributed by atoms with E-state index in [1.807, 2.05) is 36.4 Å². The molecule has 0 bridgehead atoms. The van der Waals surface area contributed by atoms with Gasteiger partial charge in [0.15, 0.2) is 4.32 Å². The van der Waals surface area contributed by atoms with E-state index in [2.05, 4.69) is 0 Å². The second-order valence-electron chi connectivity index (χ2n) is 3.83. The van der Waals surface area contributed by atoms with E-state index < -0.39 is 0 Å². The highest BCUT2D eigenvalue weighted by Crippen LogP contribution is 2.30. The Morgan fingerprint density at radius 1 is 1.32 bits per heavy atom. The van der Waals surface area contributed by atoms with E-state index in [1.54, 1.807) is 12.2 Å². The van der Waals surface area contributed by atoms with E-state index in [1.165, 1.54) is 6.92 Å². The number of thioether (sulfide) groups is 1. The summed E-state index contributed by atoms with van der Waals surface area (Å²) in [6.07, 6.45) is 5.34. The summed E-state index contributed by atoms with van der Waals surface area (Å²) in [4.78, 5) is 24.6. The Labute approximate surface area is 121 Å². The molecular formula is C14H11NO2S2. The van der Waals surface area contributed by atoms with Gasteiger partial charge < -0.3 is 0 Å². The van der Waals surface area contributed by atoms with Crippen molar-refractivity contribution >= 4 is 46.2 Å². The summed E-state index contributed by atoms with van der Waals surface area (Å²) in [6.45, 7) is 1.33. The minimum atomic E-state index is -0.349. The number of allylic oxidation sites excluding steroid dienone is 2. The van der Waals surface area contributed by atoms with Crippen molar-refractivity contribution < 1.29 is 9.59 Å². The first kappa shape index (κ1) is 13.7. The van der Waals surface area contributed by atoms with Gasteiger partial charge in [0.1, 0.15) is 0 Å². The summed E-state index contributed by atoms with van der Waals surface area (Å²) in [7, 11) is 0. The van der Waals surface area contributed by atoms with Crippen molar-refractivity contribution in [2.75, 3.05) is 0 Å². The zero-order valence-corrected chi connectivity index (χ0v) is 11.8. The molecule has 96 valence electrons. The molecule has 1 saturated heterocycles. The average molecular weight is 289 g/mol. The Morgan fingerprint density at radius 2 is 2.00 bits per heavy atom. The monoisotopic (exact) mass is 289 g/mol. The fourth-order valence-electron chi connectivity index (χ4n) is 1.56. The number of rotatable bonds is 2. The van der Waals surface area contributed by atoms with Crippen LogP contribution in [0.2, 0.25) is 0 Å². The van der Waals surface area contributed by atoms with Crippen LogP contribution in [0.15, 0.2) is 47.4 Å². The van der Waals surface area contributed by atoms with E-state index in [0.29, 0.717) is 4.91 Å². The van der Waals surface area contributed by atoms with Crippen LogP contribution in [0.4, 0.5) is 0 Å². The van der Waals surface area contributed by atoms with Gasteiger partial charge in [0.25, 0.3) is 5.91 Å². The molecule has 0 saturated carbocycles. The van der Waals surface area contributed by atoms with Gasteiger partial charge in [-0.2, -0.15) is 0 Å². The van der Waals surface area contributed by atoms with Crippen molar-refractivity contribution in [3.8, 4) is 0 Å². The summed E-state index contributed by atoms with van der Waals surface area (Å²) in [5.41, 5.74) is 1.04. The van der Waals surface area contributed by atoms with Gasteiger partial charge in [-0.15, -0.1) is 0 Å². The van der Waals surface area contributed by atoms with Crippen molar-refractivity contribution in [2.24, 2.45) is 0 Å². The van der Waals surface area contributed by atoms with Crippen molar-refractivity contribution in [1.82, 2.24) is 4.90 Å². The second-order valence-corrected chi connectivity index (χ2v) is 5.50. The van der Waals surface area contributed by atoms with E-state index >= 15 is 0 Å². The molecule has 19 heavy (non-hydrogen) atoms. The largest absolute Gasteiger partial charge is 0.274 e. The molecule has 0 radical (unpaired) electrons. The third-order valence-electron chi connectivity index (χ3n) is 2.44. The molecule has 1 heterocycles. The smallest absolute Gasteiger partial charge is 0.272 e. The highest BCUT2D eigenvalue weighted by Gasteiger charge is 2.34. The Balaban J connectivity index is 2.13. The minimum Gasteiger partial charge on any atom is -0.274 e. The normalized spacial score (nSPS) is 17.7. The lowest BCUT2D eigenvalue weighted by atomic mass is 10.2. The Hall–Kier alpha value is -1.72. The zero-order valence-electron chi connectivity index (χ0n) is 10.2. The number of benzene rings is 1. The Kier molecular flexibility index (Phi) is 4.29. The van der Waals surface area contributed by atoms with Gasteiger partial charge in [-0.05, 0) is 11.6 Å². The molecule has 0 aromatic heterocycles. The van der Waals surface area contributed by atoms with Crippen LogP contribution in [0, 0.1) is 0 Å². The lowest BCUT2D eigenvalue weighted by molar-refractivity contribution is -0.135. The van der Waals surface area contributed by atoms with Gasteiger partial charge in [-0.3, -0.25) is 9.59 Å². The maximum absolute atomic E-state index is 11.9. The van der Waals surface area contributed by atoms with Gasteiger partial charge in [-0.25, -0.2) is 4.90 Å². The molecule has 0 N–H and O–H groups in total. The number of thiocarbonyl (C=S) groups is 1. The molecule has 1 aromatic carbocycles. The SMILES string of the molecule is CC(=O)N1C(=O)/C(=C/C=C/c2ccccc2)SC1=S. The Bertz CT molecular complexity index is 591. The molecule has 1 aliphatic heterocycles. The predicted octanol–water partition coefficient (Wildman–Crippen LogP) is 2.99. The maximum atomic E-state index is 11.9. The van der Waals surface area contributed by atoms with Gasteiger partial charge in [0, 0.05) is 6.92 Å². The molecule has 3 nitrogen and oxygen atoms in total. The summed E-state index contributed by atoms with van der Waals surface area (Å²) in [5, 5.41) is 0. The molecule has 1 fully saturated rings. The van der Waals surface area contributed by atoms with Crippen LogP contribution in [-0.2, 0) is 9.59 Å². The van der Waals surface area contributed by atoms with Crippen LogP contribution < -0.4 is 0 Å². The molecule has 2 amide bonds. The molecule has 0 atom stereocenters. The predicted molar refractivity (Wildman–Crippen MR) is 81.3 cm³/mol. The molecule has 0 spiro atoms. The fourth-order valence-corrected chi connectivity index (χ4v) is 2.86. The summed E-state index contributed by atoms with van der Waals surface area (Å²) < 4.78 is 0.289. The lowest BCUT2D eigenvalue weighted by Gasteiger charge is -2.07. The summed E-state index contributed by atoms with van der Waals surface area (Å²) >= 11 is 6.14. The van der Waals surface area contributed by atoms with Crippen LogP contribution >= 0.6 is 24.0 Å². The second kappa shape index (κ2) is 5.95. The first-order valence-electron chi connectivity index (χ1n) is 5.60. The molecule has 5 heteroatoms. The van der Waals surface area contributed by atoms with Crippen LogP contribution in [0.5, 0.6) is 0 Å². The number of nitrogens with zero attached hydrogens (tertiary/aromatic N) is 1. The van der Waals surface area contributed by atoms with Crippen molar-refractivity contribution in [1.29, 1.82) is 0 Å². The average Bonchev–Trinajstić information content (AvgIpc) is 2.66. The number of hydrogen-bond acceptors (Lipinski definition) is 4. The number of hydrogen-bond donors (Lipinski definition) is 0. The number of imide groups is 1.